The van der Waals surface area contributed by atoms with Gasteiger partial charge in [0.1, 0.15) is 0 Å². The molecule has 0 bridgehead atoms. The molecule has 0 radical (unpaired) electrons. The van der Waals surface area contributed by atoms with Crippen LogP contribution in [0.4, 0.5) is 0 Å². The van der Waals surface area contributed by atoms with Gasteiger partial charge in [-0.3, -0.25) is 0 Å². The van der Waals surface area contributed by atoms with E-state index >= 15 is 0 Å². The average Bonchev–Trinajstić information content (AvgIpc) is 2.37. The first-order valence-electron chi connectivity index (χ1n) is 4.96. The van der Waals surface area contributed by atoms with Gasteiger partial charge in [-0.05, 0) is 34.1 Å². The van der Waals surface area contributed by atoms with Crippen LogP contribution in [0.2, 0.25) is 0 Å². The summed E-state index contributed by atoms with van der Waals surface area (Å²) in [5.41, 5.74) is 0. The Morgan fingerprint density at radius 1 is 1.33 bits per heavy atom. The average molecular weight is 172 g/mol. The van der Waals surface area contributed by atoms with Crippen molar-refractivity contribution in [3.8, 4) is 0 Å². The second-order valence-electron chi connectivity index (χ2n) is 3.88. The fourth-order valence-electron chi connectivity index (χ4n) is 1.33. The lowest BCUT2D eigenvalue weighted by molar-refractivity contribution is 0.288. The highest BCUT2D eigenvalue weighted by Crippen LogP contribution is 2.09. The number of nitrogens with zero attached hydrogens (tertiary/aromatic N) is 2. The van der Waals surface area contributed by atoms with Crippen molar-refractivity contribution in [3.05, 3.63) is 0 Å². The van der Waals surface area contributed by atoms with Gasteiger partial charge in [-0.1, -0.05) is 20.3 Å². The first-order chi connectivity index (χ1) is 5.61. The van der Waals surface area contributed by atoms with Crippen LogP contribution >= 0.6 is 0 Å². The molecule has 0 spiro atoms. The summed E-state index contributed by atoms with van der Waals surface area (Å²) in [5.74, 6) is 0. The van der Waals surface area contributed by atoms with Crippen LogP contribution in [0.15, 0.2) is 0 Å². The zero-order valence-corrected chi connectivity index (χ0v) is 9.30. The molecular weight excluding hydrogens is 148 g/mol. The van der Waals surface area contributed by atoms with E-state index in [0.717, 1.165) is 6.04 Å². The van der Waals surface area contributed by atoms with Gasteiger partial charge in [0.2, 0.25) is 0 Å². The lowest BCUT2D eigenvalue weighted by Crippen LogP contribution is -2.30. The summed E-state index contributed by atoms with van der Waals surface area (Å²) >= 11 is 0. The molecule has 0 aromatic carbocycles. The molecule has 12 heavy (non-hydrogen) atoms. The van der Waals surface area contributed by atoms with E-state index in [1.807, 2.05) is 0 Å². The van der Waals surface area contributed by atoms with Gasteiger partial charge >= 0.3 is 0 Å². The fourth-order valence-corrected chi connectivity index (χ4v) is 1.33. The van der Waals surface area contributed by atoms with E-state index in [1.54, 1.807) is 0 Å². The molecule has 2 heteroatoms. The molecule has 2 nitrogen and oxygen atoms in total. The van der Waals surface area contributed by atoms with E-state index in [4.69, 9.17) is 0 Å². The van der Waals surface area contributed by atoms with Gasteiger partial charge in [-0.2, -0.15) is 0 Å². The standard InChI is InChI=1S/C7H16N2.C3H8/c1-8(2)7-4-5-9(3)6-7;1-3-2/h7H,4-6H2,1-3H3;3H2,1-2H3. The molecule has 1 aliphatic rings. The Morgan fingerprint density at radius 2 is 1.83 bits per heavy atom. The molecule has 0 N–H and O–H groups in total. The molecule has 0 aromatic rings. The number of rotatable bonds is 1. The van der Waals surface area contributed by atoms with Gasteiger partial charge in [0.05, 0.1) is 0 Å². The zero-order chi connectivity index (χ0) is 9.56. The minimum Gasteiger partial charge on any atom is -0.305 e. The third kappa shape index (κ3) is 4.73. The Labute approximate surface area is 77.5 Å². The monoisotopic (exact) mass is 172 g/mol. The topological polar surface area (TPSA) is 6.48 Å². The second-order valence-corrected chi connectivity index (χ2v) is 3.88. The van der Waals surface area contributed by atoms with E-state index in [-0.39, 0.29) is 0 Å². The van der Waals surface area contributed by atoms with Gasteiger partial charge < -0.3 is 9.80 Å². The van der Waals surface area contributed by atoms with E-state index in [9.17, 15) is 0 Å². The highest BCUT2D eigenvalue weighted by atomic mass is 15.2. The summed E-state index contributed by atoms with van der Waals surface area (Å²) in [6.07, 6.45) is 2.59. The van der Waals surface area contributed by atoms with Crippen molar-refractivity contribution >= 4 is 0 Å². The quantitative estimate of drug-likeness (QED) is 0.593. The maximum absolute atomic E-state index is 2.38. The third-order valence-corrected chi connectivity index (χ3v) is 2.10. The molecule has 74 valence electrons. The second kappa shape index (κ2) is 6.44. The van der Waals surface area contributed by atoms with Crippen molar-refractivity contribution in [2.24, 2.45) is 0 Å². The molecule has 1 saturated heterocycles. The molecule has 1 heterocycles. The SMILES string of the molecule is CCC.CN1CCC(N(C)C)C1. The van der Waals surface area contributed by atoms with E-state index in [0.29, 0.717) is 0 Å². The molecule has 0 amide bonds. The molecule has 0 saturated carbocycles. The zero-order valence-electron chi connectivity index (χ0n) is 9.30. The number of hydrogen-bond donors (Lipinski definition) is 0. The smallest absolute Gasteiger partial charge is 0.0229 e. The van der Waals surface area contributed by atoms with Crippen LogP contribution in [0.25, 0.3) is 0 Å². The Morgan fingerprint density at radius 3 is 2.00 bits per heavy atom. The predicted octanol–water partition coefficient (Wildman–Crippen LogP) is 1.67. The van der Waals surface area contributed by atoms with Gasteiger partial charge in [-0.15, -0.1) is 0 Å². The van der Waals surface area contributed by atoms with Crippen molar-refractivity contribution in [1.29, 1.82) is 0 Å². The van der Waals surface area contributed by atoms with Crippen LogP contribution in [0.1, 0.15) is 26.7 Å². The van der Waals surface area contributed by atoms with Gasteiger partial charge in [0.15, 0.2) is 0 Å². The van der Waals surface area contributed by atoms with Crippen LogP contribution in [-0.2, 0) is 0 Å². The normalized spacial score (nSPS) is 24.0. The number of likely N-dealkylation sites (N-methyl/N-ethyl adjacent to an activating group) is 2. The molecule has 0 aliphatic carbocycles. The van der Waals surface area contributed by atoms with Crippen molar-refractivity contribution in [1.82, 2.24) is 9.80 Å². The lowest BCUT2D eigenvalue weighted by atomic mass is 10.2. The molecule has 1 rings (SSSR count). The highest BCUT2D eigenvalue weighted by molar-refractivity contribution is 4.77. The molecular formula is C10H24N2. The van der Waals surface area contributed by atoms with Crippen molar-refractivity contribution in [2.75, 3.05) is 34.2 Å². The van der Waals surface area contributed by atoms with Crippen LogP contribution in [0.3, 0.4) is 0 Å². The predicted molar refractivity (Wildman–Crippen MR) is 55.6 cm³/mol. The van der Waals surface area contributed by atoms with Gasteiger partial charge in [0.25, 0.3) is 0 Å². The van der Waals surface area contributed by atoms with Crippen molar-refractivity contribution in [3.63, 3.8) is 0 Å². The lowest BCUT2D eigenvalue weighted by Gasteiger charge is -2.17. The minimum absolute atomic E-state index is 0.801. The Balaban J connectivity index is 0.000000354. The molecule has 1 atom stereocenters. The number of likely N-dealkylation sites (tertiary alicyclic amines) is 1. The first kappa shape index (κ1) is 11.9. The van der Waals surface area contributed by atoms with E-state index < -0.39 is 0 Å². The molecule has 1 fully saturated rings. The molecule has 1 aliphatic heterocycles. The highest BCUT2D eigenvalue weighted by Gasteiger charge is 2.20. The van der Waals surface area contributed by atoms with Gasteiger partial charge in [0, 0.05) is 12.6 Å². The Bertz CT molecular complexity index is 102. The first-order valence-corrected chi connectivity index (χ1v) is 4.96. The van der Waals surface area contributed by atoms with Crippen LogP contribution in [0.5, 0.6) is 0 Å². The van der Waals surface area contributed by atoms with Crippen LogP contribution in [-0.4, -0.2) is 50.1 Å². The minimum atomic E-state index is 0.801. The summed E-state index contributed by atoms with van der Waals surface area (Å²) in [7, 11) is 6.50. The van der Waals surface area contributed by atoms with Crippen molar-refractivity contribution in [2.45, 2.75) is 32.7 Å². The maximum atomic E-state index is 2.38. The summed E-state index contributed by atoms with van der Waals surface area (Å²) in [4.78, 5) is 4.69. The fraction of sp³-hybridized carbons (Fsp3) is 1.00. The van der Waals surface area contributed by atoms with E-state index in [1.165, 1.54) is 25.9 Å². The summed E-state index contributed by atoms with van der Waals surface area (Å²) in [6.45, 7) is 6.76. The van der Waals surface area contributed by atoms with Crippen LogP contribution in [0, 0.1) is 0 Å². The maximum Gasteiger partial charge on any atom is 0.0229 e. The van der Waals surface area contributed by atoms with Crippen molar-refractivity contribution < 1.29 is 0 Å². The Kier molecular flexibility index (Phi) is 6.39. The molecule has 0 aromatic heterocycles. The summed E-state index contributed by atoms with van der Waals surface area (Å²) < 4.78 is 0. The van der Waals surface area contributed by atoms with Crippen LogP contribution < -0.4 is 0 Å². The molecule has 1 unspecified atom stereocenters. The van der Waals surface area contributed by atoms with Gasteiger partial charge in [-0.25, -0.2) is 0 Å². The third-order valence-electron chi connectivity index (χ3n) is 2.10. The summed E-state index contributed by atoms with van der Waals surface area (Å²) in [6, 6.07) is 0.801. The largest absolute Gasteiger partial charge is 0.305 e. The summed E-state index contributed by atoms with van der Waals surface area (Å²) in [5, 5.41) is 0. The number of hydrogen-bond acceptors (Lipinski definition) is 2. The Hall–Kier alpha value is -0.0800. The van der Waals surface area contributed by atoms with E-state index in [2.05, 4.69) is 44.8 Å².